The molecule has 1 aromatic rings. The van der Waals surface area contributed by atoms with E-state index in [-0.39, 0.29) is 29.5 Å². The molecule has 2 aliphatic heterocycles. The van der Waals surface area contributed by atoms with Crippen LogP contribution in [-0.2, 0) is 20.7 Å². The van der Waals surface area contributed by atoms with Gasteiger partial charge in [-0.3, -0.25) is 4.79 Å². The summed E-state index contributed by atoms with van der Waals surface area (Å²) in [7, 11) is 0. The van der Waals surface area contributed by atoms with E-state index in [4.69, 9.17) is 14.2 Å². The second-order valence-electron chi connectivity index (χ2n) is 8.10. The summed E-state index contributed by atoms with van der Waals surface area (Å²) in [4.78, 5) is 24.7. The van der Waals surface area contributed by atoms with Crippen molar-refractivity contribution in [3.63, 3.8) is 0 Å². The van der Waals surface area contributed by atoms with Gasteiger partial charge in [-0.15, -0.1) is 0 Å². The maximum Gasteiger partial charge on any atom is 0.342 e. The molecule has 0 amide bonds. The van der Waals surface area contributed by atoms with Gasteiger partial charge in [0.25, 0.3) is 0 Å². The van der Waals surface area contributed by atoms with Crippen LogP contribution in [0.25, 0.3) is 0 Å². The number of ether oxygens (including phenoxy) is 3. The molecule has 0 aromatic heterocycles. The van der Waals surface area contributed by atoms with Crippen LogP contribution in [0.3, 0.4) is 0 Å². The molecule has 3 rings (SSSR count). The number of esters is 1. The molecule has 0 radical (unpaired) electrons. The first-order valence-corrected chi connectivity index (χ1v) is 10.9. The number of hydrogen-bond acceptors (Lipinski definition) is 6. The second kappa shape index (κ2) is 10.6. The molecule has 29 heavy (non-hydrogen) atoms. The first-order chi connectivity index (χ1) is 14.0. The van der Waals surface area contributed by atoms with Crippen molar-refractivity contribution < 1.29 is 28.9 Å². The Morgan fingerprint density at radius 3 is 2.55 bits per heavy atom. The molecule has 6 nitrogen and oxygen atoms in total. The third-order valence-corrected chi connectivity index (χ3v) is 5.56. The highest BCUT2D eigenvalue weighted by Crippen LogP contribution is 2.32. The molecule has 6 heteroatoms. The average molecular weight is 405 g/mol. The van der Waals surface area contributed by atoms with Gasteiger partial charge >= 0.3 is 5.97 Å². The van der Waals surface area contributed by atoms with Gasteiger partial charge in [0.05, 0.1) is 12.7 Å². The molecule has 2 aliphatic rings. The zero-order chi connectivity index (χ0) is 20.6. The average Bonchev–Trinajstić information content (AvgIpc) is 2.67. The minimum Gasteiger partial charge on any atom is -0.507 e. The summed E-state index contributed by atoms with van der Waals surface area (Å²) in [5.41, 5.74) is 0.943. The van der Waals surface area contributed by atoms with Crippen molar-refractivity contribution in [2.24, 2.45) is 0 Å². The number of Topliss-reactive ketones (excluding diaryl/α,β-unsaturated/α-hetero) is 1. The quantitative estimate of drug-likeness (QED) is 0.720. The Morgan fingerprint density at radius 1 is 0.966 bits per heavy atom. The number of hydrogen-bond donors (Lipinski definition) is 1. The van der Waals surface area contributed by atoms with Crippen LogP contribution in [0.2, 0.25) is 0 Å². The first kappa shape index (κ1) is 21.6. The van der Waals surface area contributed by atoms with Gasteiger partial charge in [-0.25, -0.2) is 4.79 Å². The van der Waals surface area contributed by atoms with Gasteiger partial charge in [0.15, 0.2) is 6.29 Å². The number of fused-ring (bicyclic) bond motifs is 1. The van der Waals surface area contributed by atoms with Crippen LogP contribution >= 0.6 is 0 Å². The van der Waals surface area contributed by atoms with E-state index in [1.165, 1.54) is 6.07 Å². The number of carbonyl (C=O) groups is 2. The number of ketones is 1. The molecule has 1 aromatic carbocycles. The molecular weight excluding hydrogens is 372 g/mol. The Balaban J connectivity index is 1.80. The molecule has 1 N–H and O–H groups in total. The van der Waals surface area contributed by atoms with Gasteiger partial charge in [0, 0.05) is 25.3 Å². The van der Waals surface area contributed by atoms with Crippen molar-refractivity contribution >= 4 is 11.8 Å². The van der Waals surface area contributed by atoms with E-state index in [9.17, 15) is 14.7 Å². The van der Waals surface area contributed by atoms with Crippen molar-refractivity contribution in [2.75, 3.05) is 6.61 Å². The van der Waals surface area contributed by atoms with Gasteiger partial charge in [0.2, 0.25) is 0 Å². The fraction of sp³-hybridized carbons (Fsp3) is 0.652. The Labute approximate surface area is 172 Å². The fourth-order valence-electron chi connectivity index (χ4n) is 3.94. The number of cyclic esters (lactones) is 1. The Hall–Kier alpha value is -2.08. The number of phenols is 1. The summed E-state index contributed by atoms with van der Waals surface area (Å²) in [6.45, 7) is 2.49. The summed E-state index contributed by atoms with van der Waals surface area (Å²) in [6, 6.07) is 3.29. The standard InChI is InChI=1S/C23H32O6/c1-16-8-7-11-18(24)10-4-2-3-9-17-14-19(29-21-12-5-6-13-27-21)15-20(25)22(17)23(26)28-16/h14-16,21,25H,2-13H2,1H3/t16-,21?/m1/s1. The van der Waals surface area contributed by atoms with Crippen LogP contribution in [0, 0.1) is 0 Å². The lowest BCUT2D eigenvalue weighted by Crippen LogP contribution is -2.25. The largest absolute Gasteiger partial charge is 0.507 e. The van der Waals surface area contributed by atoms with E-state index in [2.05, 4.69) is 0 Å². The lowest BCUT2D eigenvalue weighted by molar-refractivity contribution is -0.119. The van der Waals surface area contributed by atoms with E-state index in [1.807, 2.05) is 13.0 Å². The third-order valence-electron chi connectivity index (χ3n) is 5.56. The number of rotatable bonds is 2. The lowest BCUT2D eigenvalue weighted by Gasteiger charge is -2.24. The van der Waals surface area contributed by atoms with Crippen molar-refractivity contribution in [3.05, 3.63) is 23.3 Å². The predicted molar refractivity (Wildman–Crippen MR) is 108 cm³/mol. The summed E-state index contributed by atoms with van der Waals surface area (Å²) in [5.74, 6) is 0.147. The Bertz CT molecular complexity index is 708. The highest BCUT2D eigenvalue weighted by molar-refractivity contribution is 5.94. The Morgan fingerprint density at radius 2 is 1.76 bits per heavy atom. The van der Waals surface area contributed by atoms with Crippen LogP contribution in [0.5, 0.6) is 11.5 Å². The van der Waals surface area contributed by atoms with E-state index in [1.54, 1.807) is 0 Å². The zero-order valence-corrected chi connectivity index (χ0v) is 17.3. The molecule has 1 unspecified atom stereocenters. The monoisotopic (exact) mass is 404 g/mol. The van der Waals surface area contributed by atoms with Gasteiger partial charge in [-0.2, -0.15) is 0 Å². The van der Waals surface area contributed by atoms with E-state index in [0.29, 0.717) is 44.5 Å². The van der Waals surface area contributed by atoms with Crippen LogP contribution in [0.1, 0.15) is 87.1 Å². The molecule has 0 bridgehead atoms. The fourth-order valence-corrected chi connectivity index (χ4v) is 3.94. The minimum absolute atomic E-state index is 0.118. The Kier molecular flexibility index (Phi) is 7.92. The SMILES string of the molecule is C[C@@H]1CCCC(=O)CCCCCc2cc(OC3CCCCO3)cc(O)c2C(=O)O1. The van der Waals surface area contributed by atoms with Crippen LogP contribution in [-0.4, -0.2) is 35.9 Å². The number of carbonyl (C=O) groups excluding carboxylic acids is 2. The predicted octanol–water partition coefficient (Wildman–Crippen LogP) is 4.70. The van der Waals surface area contributed by atoms with Crippen molar-refractivity contribution in [1.29, 1.82) is 0 Å². The van der Waals surface area contributed by atoms with Gasteiger partial charge < -0.3 is 19.3 Å². The minimum atomic E-state index is -0.520. The van der Waals surface area contributed by atoms with Crippen LogP contribution in [0.15, 0.2) is 12.1 Å². The van der Waals surface area contributed by atoms with Gasteiger partial charge in [0.1, 0.15) is 22.8 Å². The maximum atomic E-state index is 12.8. The third kappa shape index (κ3) is 6.46. The topological polar surface area (TPSA) is 82.1 Å². The number of aromatic hydroxyl groups is 1. The molecule has 1 saturated heterocycles. The van der Waals surface area contributed by atoms with Gasteiger partial charge in [-0.05, 0) is 63.5 Å². The maximum absolute atomic E-state index is 12.8. The second-order valence-corrected chi connectivity index (χ2v) is 8.10. The number of benzene rings is 1. The van der Waals surface area contributed by atoms with E-state index < -0.39 is 5.97 Å². The normalized spacial score (nSPS) is 24.9. The lowest BCUT2D eigenvalue weighted by atomic mass is 9.98. The summed E-state index contributed by atoms with van der Waals surface area (Å²) < 4.78 is 17.1. The summed E-state index contributed by atoms with van der Waals surface area (Å²) in [6.07, 6.45) is 7.93. The van der Waals surface area contributed by atoms with Crippen LogP contribution in [0.4, 0.5) is 0 Å². The molecule has 2 atom stereocenters. The van der Waals surface area contributed by atoms with Crippen LogP contribution < -0.4 is 4.74 Å². The molecule has 160 valence electrons. The highest BCUT2D eigenvalue weighted by atomic mass is 16.7. The first-order valence-electron chi connectivity index (χ1n) is 10.9. The smallest absolute Gasteiger partial charge is 0.342 e. The molecule has 0 spiro atoms. The summed E-state index contributed by atoms with van der Waals surface area (Å²) >= 11 is 0. The number of aryl methyl sites for hydroxylation is 1. The van der Waals surface area contributed by atoms with Crippen molar-refractivity contribution in [1.82, 2.24) is 0 Å². The molecule has 0 saturated carbocycles. The molecule has 1 fully saturated rings. The summed E-state index contributed by atoms with van der Waals surface area (Å²) in [5, 5.41) is 10.6. The molecular formula is C23H32O6. The number of phenolic OH excluding ortho intramolecular Hbond substituents is 1. The van der Waals surface area contributed by atoms with Gasteiger partial charge in [-0.1, -0.05) is 6.42 Å². The molecule has 2 heterocycles. The van der Waals surface area contributed by atoms with Crippen molar-refractivity contribution in [3.8, 4) is 11.5 Å². The highest BCUT2D eigenvalue weighted by Gasteiger charge is 2.23. The zero-order valence-electron chi connectivity index (χ0n) is 17.3. The molecule has 0 aliphatic carbocycles. The van der Waals surface area contributed by atoms with E-state index >= 15 is 0 Å². The van der Waals surface area contributed by atoms with Crippen molar-refractivity contribution in [2.45, 2.75) is 89.9 Å². The van der Waals surface area contributed by atoms with E-state index in [0.717, 1.165) is 44.1 Å².